The van der Waals surface area contributed by atoms with Gasteiger partial charge in [0, 0.05) is 28.1 Å². The molecule has 1 amide bonds. The fraction of sp³-hybridized carbons (Fsp3) is 0.167. The van der Waals surface area contributed by atoms with Crippen LogP contribution in [0, 0.1) is 0 Å². The average Bonchev–Trinajstić information content (AvgIpc) is 2.84. The van der Waals surface area contributed by atoms with Crippen molar-refractivity contribution in [2.24, 2.45) is 5.84 Å². The van der Waals surface area contributed by atoms with Crippen LogP contribution in [0.25, 0.3) is 11.1 Å². The number of thioether (sulfide) groups is 2. The fourth-order valence-corrected chi connectivity index (χ4v) is 5.63. The summed E-state index contributed by atoms with van der Waals surface area (Å²) < 4.78 is 0.604. The summed E-state index contributed by atoms with van der Waals surface area (Å²) in [6.07, 6.45) is 5.30. The van der Waals surface area contributed by atoms with Crippen LogP contribution < -0.4 is 5.84 Å². The van der Waals surface area contributed by atoms with Crippen LogP contribution in [0.2, 0.25) is 0 Å². The number of carbonyl (C=O) groups excluding carboxylic acids is 1. The molecule has 0 aliphatic carbocycles. The Bertz CT molecular complexity index is 1110. The number of amides is 1. The number of rotatable bonds is 9. The largest absolute Gasteiger partial charge is 0.480 e. The van der Waals surface area contributed by atoms with E-state index in [0.717, 1.165) is 15.5 Å². The van der Waals surface area contributed by atoms with Crippen molar-refractivity contribution in [3.63, 3.8) is 0 Å². The van der Waals surface area contributed by atoms with Crippen molar-refractivity contribution < 1.29 is 14.7 Å². The highest BCUT2D eigenvalue weighted by Gasteiger charge is 2.33. The van der Waals surface area contributed by atoms with E-state index in [4.69, 9.17) is 18.1 Å². The van der Waals surface area contributed by atoms with Gasteiger partial charge >= 0.3 is 5.97 Å². The number of carbonyl (C=O) groups is 2. The predicted molar refractivity (Wildman–Crippen MR) is 138 cm³/mol. The van der Waals surface area contributed by atoms with Crippen LogP contribution >= 0.6 is 35.7 Å². The van der Waals surface area contributed by atoms with Gasteiger partial charge in [-0.15, -0.1) is 0 Å². The zero-order valence-corrected chi connectivity index (χ0v) is 20.3. The molecule has 170 valence electrons. The monoisotopic (exact) mass is 497 g/mol. The minimum Gasteiger partial charge on any atom is -0.480 e. The van der Waals surface area contributed by atoms with E-state index in [1.54, 1.807) is 24.5 Å². The summed E-state index contributed by atoms with van der Waals surface area (Å²) in [5.74, 6) is 4.38. The molecule has 0 spiro atoms. The first-order valence-corrected chi connectivity index (χ1v) is 12.5. The number of benzene rings is 2. The quantitative estimate of drug-likeness (QED) is 0.144. The SMILES string of the molecule is CSC(C[C@@H](C(=O)O)N(N)C(=O)c1ccccc1-c1ccccc1)C(=S)Sc1cccnc1. The van der Waals surface area contributed by atoms with E-state index in [1.807, 2.05) is 60.9 Å². The normalized spacial score (nSPS) is 12.5. The Labute approximate surface area is 206 Å². The summed E-state index contributed by atoms with van der Waals surface area (Å²) in [5, 5.41) is 10.4. The molecule has 1 aromatic heterocycles. The van der Waals surface area contributed by atoms with Crippen molar-refractivity contribution in [3.8, 4) is 11.1 Å². The van der Waals surface area contributed by atoms with Gasteiger partial charge in [0.2, 0.25) is 0 Å². The maximum atomic E-state index is 13.3. The van der Waals surface area contributed by atoms with E-state index < -0.39 is 17.9 Å². The Hall–Kier alpha value is -2.72. The molecular formula is C24H23N3O3S3. The lowest BCUT2D eigenvalue weighted by atomic mass is 9.98. The smallest absolute Gasteiger partial charge is 0.328 e. The lowest BCUT2D eigenvalue weighted by Gasteiger charge is -2.28. The molecule has 0 saturated carbocycles. The van der Waals surface area contributed by atoms with Crippen LogP contribution in [0.1, 0.15) is 16.8 Å². The van der Waals surface area contributed by atoms with E-state index in [1.165, 1.54) is 23.5 Å². The van der Waals surface area contributed by atoms with E-state index in [9.17, 15) is 14.7 Å². The van der Waals surface area contributed by atoms with Gasteiger partial charge in [-0.25, -0.2) is 10.6 Å². The van der Waals surface area contributed by atoms with Gasteiger partial charge in [0.1, 0.15) is 6.04 Å². The third-order valence-electron chi connectivity index (χ3n) is 4.94. The lowest BCUT2D eigenvalue weighted by Crippen LogP contribution is -2.51. The zero-order chi connectivity index (χ0) is 23.8. The number of aromatic nitrogens is 1. The van der Waals surface area contributed by atoms with Crippen molar-refractivity contribution in [1.29, 1.82) is 0 Å². The van der Waals surface area contributed by atoms with Crippen LogP contribution in [0.4, 0.5) is 0 Å². The maximum Gasteiger partial charge on any atom is 0.328 e. The third-order valence-corrected chi connectivity index (χ3v) is 7.73. The van der Waals surface area contributed by atoms with Crippen LogP contribution in [-0.4, -0.2) is 48.7 Å². The standard InChI is InChI=1S/C24H23N3O3S3/c1-32-21(24(31)33-17-10-7-13-26-15-17)14-20(23(29)30)27(25)22(28)19-12-6-5-11-18(19)16-8-3-2-4-9-16/h2-13,15,20-21H,14,25H2,1H3,(H,29,30)/t20-,21?/m0/s1. The molecule has 0 bridgehead atoms. The summed E-state index contributed by atoms with van der Waals surface area (Å²) in [6, 6.07) is 18.9. The number of carboxylic acid groups (broad SMARTS) is 1. The lowest BCUT2D eigenvalue weighted by molar-refractivity contribution is -0.142. The first kappa shape index (κ1) is 24.9. The first-order chi connectivity index (χ1) is 15.9. The summed E-state index contributed by atoms with van der Waals surface area (Å²) >= 11 is 8.35. The fourth-order valence-electron chi connectivity index (χ4n) is 3.23. The second-order valence-electron chi connectivity index (χ2n) is 7.05. The van der Waals surface area contributed by atoms with Crippen LogP contribution in [0.15, 0.2) is 84.0 Å². The predicted octanol–water partition coefficient (Wildman–Crippen LogP) is 4.76. The molecule has 0 aliphatic rings. The van der Waals surface area contributed by atoms with Gasteiger partial charge < -0.3 is 5.11 Å². The molecule has 2 atom stereocenters. The highest BCUT2D eigenvalue weighted by Crippen LogP contribution is 2.29. The minimum absolute atomic E-state index is 0.0817. The van der Waals surface area contributed by atoms with Gasteiger partial charge in [-0.1, -0.05) is 72.5 Å². The molecule has 2 aromatic carbocycles. The van der Waals surface area contributed by atoms with Crippen molar-refractivity contribution in [2.75, 3.05) is 6.26 Å². The van der Waals surface area contributed by atoms with E-state index in [-0.39, 0.29) is 11.7 Å². The second-order valence-corrected chi connectivity index (χ2v) is 9.90. The summed E-state index contributed by atoms with van der Waals surface area (Å²) in [6.45, 7) is 0. The molecule has 1 unspecified atom stereocenters. The van der Waals surface area contributed by atoms with Gasteiger partial charge in [0.25, 0.3) is 5.91 Å². The average molecular weight is 498 g/mol. The number of nitrogens with two attached hydrogens (primary N) is 1. The van der Waals surface area contributed by atoms with Crippen LogP contribution in [0.5, 0.6) is 0 Å². The van der Waals surface area contributed by atoms with Crippen molar-refractivity contribution in [1.82, 2.24) is 9.99 Å². The van der Waals surface area contributed by atoms with Crippen molar-refractivity contribution in [3.05, 3.63) is 84.7 Å². The van der Waals surface area contributed by atoms with Gasteiger partial charge in [-0.2, -0.15) is 11.8 Å². The summed E-state index contributed by atoms with van der Waals surface area (Å²) in [7, 11) is 0. The van der Waals surface area contributed by atoms with Gasteiger partial charge in [-0.3, -0.25) is 14.8 Å². The van der Waals surface area contributed by atoms with Gasteiger partial charge in [0.15, 0.2) is 0 Å². The molecular weight excluding hydrogens is 474 g/mol. The first-order valence-electron chi connectivity index (χ1n) is 10.0. The van der Waals surface area contributed by atoms with Crippen molar-refractivity contribution >= 4 is 51.8 Å². The Balaban J connectivity index is 1.81. The number of hydrogen-bond acceptors (Lipinski definition) is 7. The second kappa shape index (κ2) is 11.9. The third kappa shape index (κ3) is 6.42. The topological polar surface area (TPSA) is 96.5 Å². The molecule has 1 heterocycles. The molecule has 6 nitrogen and oxygen atoms in total. The van der Waals surface area contributed by atoms with E-state index in [2.05, 4.69) is 4.98 Å². The molecule has 9 heteroatoms. The number of carboxylic acids is 1. The van der Waals surface area contributed by atoms with Crippen LogP contribution in [0.3, 0.4) is 0 Å². The minimum atomic E-state index is -1.24. The van der Waals surface area contributed by atoms with Gasteiger partial charge in [0.05, 0.1) is 4.20 Å². The number of thiocarbonyl (C=S) groups is 1. The van der Waals surface area contributed by atoms with Gasteiger partial charge in [-0.05, 0) is 42.0 Å². The zero-order valence-electron chi connectivity index (χ0n) is 17.8. The molecule has 0 fully saturated rings. The molecule has 0 radical (unpaired) electrons. The molecule has 3 aromatic rings. The molecule has 0 saturated heterocycles. The highest BCUT2D eigenvalue weighted by molar-refractivity contribution is 8.25. The number of pyridine rings is 1. The molecule has 0 aliphatic heterocycles. The van der Waals surface area contributed by atoms with E-state index >= 15 is 0 Å². The Morgan fingerprint density at radius 3 is 2.42 bits per heavy atom. The Morgan fingerprint density at radius 1 is 1.09 bits per heavy atom. The number of hydrazine groups is 1. The summed E-state index contributed by atoms with van der Waals surface area (Å²) in [5.41, 5.74) is 1.87. The Morgan fingerprint density at radius 2 is 1.79 bits per heavy atom. The Kier molecular flexibility index (Phi) is 9.02. The molecule has 3 rings (SSSR count). The highest BCUT2D eigenvalue weighted by atomic mass is 32.2. The van der Waals surface area contributed by atoms with Crippen LogP contribution in [-0.2, 0) is 4.79 Å². The van der Waals surface area contributed by atoms with E-state index in [0.29, 0.717) is 15.3 Å². The molecule has 33 heavy (non-hydrogen) atoms. The molecule has 3 N–H and O–H groups in total. The number of hydrogen-bond donors (Lipinski definition) is 2. The number of nitrogens with zero attached hydrogens (tertiary/aromatic N) is 2. The number of aliphatic carboxylic acids is 1. The maximum absolute atomic E-state index is 13.3. The van der Waals surface area contributed by atoms with Crippen molar-refractivity contribution in [2.45, 2.75) is 22.6 Å². The summed E-state index contributed by atoms with van der Waals surface area (Å²) in [4.78, 5) is 30.4.